The number of benzene rings is 1. The van der Waals surface area contributed by atoms with Gasteiger partial charge in [0, 0.05) is 17.7 Å². The van der Waals surface area contributed by atoms with E-state index in [2.05, 4.69) is 0 Å². The number of nitrogens with two attached hydrogens (primary N) is 1. The zero-order chi connectivity index (χ0) is 15.2. The molecule has 5 nitrogen and oxygen atoms in total. The van der Waals surface area contributed by atoms with Gasteiger partial charge in [0.05, 0.1) is 7.11 Å². The van der Waals surface area contributed by atoms with Crippen molar-refractivity contribution in [3.63, 3.8) is 0 Å². The van der Waals surface area contributed by atoms with E-state index in [1.54, 1.807) is 7.11 Å². The largest absolute Gasteiger partial charge is 0.493 e. The molecule has 1 heterocycles. The summed E-state index contributed by atoms with van der Waals surface area (Å²) in [5, 5.41) is 8.98. The van der Waals surface area contributed by atoms with Crippen molar-refractivity contribution in [3.05, 3.63) is 23.8 Å². The van der Waals surface area contributed by atoms with Gasteiger partial charge in [-0.2, -0.15) is 11.8 Å². The summed E-state index contributed by atoms with van der Waals surface area (Å²) < 4.78 is 11.4. The van der Waals surface area contributed by atoms with Crippen LogP contribution in [-0.4, -0.2) is 41.8 Å². The number of hydrogen-bond donors (Lipinski definition) is 2. The predicted molar refractivity (Wildman–Crippen MR) is 83.3 cm³/mol. The Labute approximate surface area is 128 Å². The maximum absolute atomic E-state index is 11.0. The lowest BCUT2D eigenvalue weighted by molar-refractivity contribution is -0.138. The number of ether oxygens (including phenoxy) is 2. The van der Waals surface area contributed by atoms with Crippen LogP contribution >= 0.6 is 11.8 Å². The second-order valence-corrected chi connectivity index (χ2v) is 6.20. The molecule has 6 heteroatoms. The van der Waals surface area contributed by atoms with Gasteiger partial charge in [-0.25, -0.2) is 0 Å². The molecule has 0 bridgehead atoms. The molecule has 0 spiro atoms. The van der Waals surface area contributed by atoms with Crippen molar-refractivity contribution in [2.24, 2.45) is 5.73 Å². The van der Waals surface area contributed by atoms with Gasteiger partial charge in [-0.15, -0.1) is 0 Å². The van der Waals surface area contributed by atoms with Crippen LogP contribution in [0.25, 0.3) is 0 Å². The minimum Gasteiger partial charge on any atom is -0.493 e. The normalized spacial score (nSPS) is 19.8. The van der Waals surface area contributed by atoms with Gasteiger partial charge in [0.15, 0.2) is 11.5 Å². The van der Waals surface area contributed by atoms with Crippen LogP contribution in [0.1, 0.15) is 18.4 Å². The quantitative estimate of drug-likeness (QED) is 0.835. The molecule has 0 aliphatic carbocycles. The third-order valence-electron chi connectivity index (χ3n) is 3.44. The highest BCUT2D eigenvalue weighted by Gasteiger charge is 2.22. The summed E-state index contributed by atoms with van der Waals surface area (Å²) >= 11 is 1.88. The van der Waals surface area contributed by atoms with E-state index in [9.17, 15) is 4.79 Å². The smallest absolute Gasteiger partial charge is 0.320 e. The molecule has 1 saturated heterocycles. The predicted octanol–water partition coefficient (Wildman–Crippen LogP) is 1.92. The van der Waals surface area contributed by atoms with Gasteiger partial charge in [-0.05, 0) is 24.7 Å². The van der Waals surface area contributed by atoms with Crippen molar-refractivity contribution in [1.82, 2.24) is 0 Å². The molecule has 2 atom stereocenters. The van der Waals surface area contributed by atoms with E-state index in [0.29, 0.717) is 11.5 Å². The van der Waals surface area contributed by atoms with Crippen LogP contribution in [0, 0.1) is 0 Å². The van der Waals surface area contributed by atoms with Gasteiger partial charge in [-0.1, -0.05) is 12.1 Å². The van der Waals surface area contributed by atoms with Crippen molar-refractivity contribution >= 4 is 17.7 Å². The monoisotopic (exact) mass is 311 g/mol. The highest BCUT2D eigenvalue weighted by atomic mass is 32.2. The molecule has 1 aromatic rings. The summed E-state index contributed by atoms with van der Waals surface area (Å²) in [6.07, 6.45) is 2.51. The maximum Gasteiger partial charge on any atom is 0.320 e. The number of thioether (sulfide) groups is 1. The molecule has 2 unspecified atom stereocenters. The molecule has 2 rings (SSSR count). The van der Waals surface area contributed by atoms with Gasteiger partial charge in [-0.3, -0.25) is 4.79 Å². The lowest BCUT2D eigenvalue weighted by atomic mass is 10.0. The fourth-order valence-corrected chi connectivity index (χ4v) is 3.35. The average molecular weight is 311 g/mol. The minimum atomic E-state index is -1.02. The van der Waals surface area contributed by atoms with E-state index >= 15 is 0 Å². The van der Waals surface area contributed by atoms with Gasteiger partial charge in [0.25, 0.3) is 0 Å². The first kappa shape index (κ1) is 16.0. The number of methoxy groups -OCH3 is 1. The third-order valence-corrected chi connectivity index (χ3v) is 4.63. The Morgan fingerprint density at radius 1 is 1.57 bits per heavy atom. The summed E-state index contributed by atoms with van der Waals surface area (Å²) in [5.74, 6) is 2.35. The zero-order valence-electron chi connectivity index (χ0n) is 12.1. The number of rotatable bonds is 6. The van der Waals surface area contributed by atoms with Crippen LogP contribution in [-0.2, 0) is 11.2 Å². The van der Waals surface area contributed by atoms with Gasteiger partial charge >= 0.3 is 5.97 Å². The molecular formula is C15H21NO4S. The molecular weight excluding hydrogens is 290 g/mol. The molecule has 0 aromatic heterocycles. The van der Waals surface area contributed by atoms with Gasteiger partial charge in [0.2, 0.25) is 0 Å². The summed E-state index contributed by atoms with van der Waals surface area (Å²) in [6, 6.07) is 4.54. The van der Waals surface area contributed by atoms with Crippen LogP contribution in [0.15, 0.2) is 18.2 Å². The first-order valence-electron chi connectivity index (χ1n) is 7.00. The van der Waals surface area contributed by atoms with E-state index in [-0.39, 0.29) is 12.5 Å². The van der Waals surface area contributed by atoms with Crippen LogP contribution in [0.4, 0.5) is 0 Å². The molecule has 3 N–H and O–H groups in total. The van der Waals surface area contributed by atoms with E-state index < -0.39 is 12.0 Å². The molecule has 1 aromatic carbocycles. The maximum atomic E-state index is 11.0. The number of aliphatic carboxylic acids is 1. The molecule has 1 aliphatic heterocycles. The van der Waals surface area contributed by atoms with E-state index in [1.807, 2.05) is 30.0 Å². The number of carbonyl (C=O) groups is 1. The van der Waals surface area contributed by atoms with Crippen LogP contribution in [0.2, 0.25) is 0 Å². The lowest BCUT2D eigenvalue weighted by Crippen LogP contribution is -2.32. The fraction of sp³-hybridized carbons (Fsp3) is 0.533. The number of para-hydroxylation sites is 1. The van der Waals surface area contributed by atoms with E-state index in [0.717, 1.165) is 24.2 Å². The number of carboxylic acid groups (broad SMARTS) is 1. The van der Waals surface area contributed by atoms with Crippen LogP contribution < -0.4 is 15.2 Å². The highest BCUT2D eigenvalue weighted by Crippen LogP contribution is 2.34. The molecule has 21 heavy (non-hydrogen) atoms. The first-order chi connectivity index (χ1) is 10.1. The Morgan fingerprint density at radius 2 is 2.38 bits per heavy atom. The fourth-order valence-electron chi connectivity index (χ4n) is 2.31. The van der Waals surface area contributed by atoms with Gasteiger partial charge < -0.3 is 20.3 Å². The molecule has 0 radical (unpaired) electrons. The van der Waals surface area contributed by atoms with Crippen molar-refractivity contribution in [1.29, 1.82) is 0 Å². The first-order valence-corrected chi connectivity index (χ1v) is 8.16. The Kier molecular flexibility index (Phi) is 5.76. The molecule has 116 valence electrons. The second kappa shape index (κ2) is 7.56. The minimum absolute atomic E-state index is 0.139. The molecule has 0 amide bonds. The Balaban J connectivity index is 2.20. The average Bonchev–Trinajstić information content (AvgIpc) is 2.49. The Hall–Kier alpha value is -1.40. The molecule has 0 saturated carbocycles. The summed E-state index contributed by atoms with van der Waals surface area (Å²) in [5.41, 5.74) is 6.42. The zero-order valence-corrected chi connectivity index (χ0v) is 12.9. The van der Waals surface area contributed by atoms with Crippen LogP contribution in [0.3, 0.4) is 0 Å². The van der Waals surface area contributed by atoms with E-state index in [1.165, 1.54) is 5.75 Å². The number of hydrogen-bond acceptors (Lipinski definition) is 5. The SMILES string of the molecule is COc1cccc(CC(N)C(=O)O)c1OC1CCCSC1. The summed E-state index contributed by atoms with van der Waals surface area (Å²) in [7, 11) is 1.58. The lowest BCUT2D eigenvalue weighted by Gasteiger charge is -2.25. The van der Waals surface area contributed by atoms with Crippen molar-refractivity contribution in [2.45, 2.75) is 31.4 Å². The molecule has 1 aliphatic rings. The summed E-state index contributed by atoms with van der Waals surface area (Å²) in [4.78, 5) is 11.0. The second-order valence-electron chi connectivity index (χ2n) is 5.05. The van der Waals surface area contributed by atoms with Crippen LogP contribution in [0.5, 0.6) is 11.5 Å². The van der Waals surface area contributed by atoms with E-state index in [4.69, 9.17) is 20.3 Å². The standard InChI is InChI=1S/C15H21NO4S/c1-19-13-6-2-4-10(8-12(16)15(17)18)14(13)20-11-5-3-7-21-9-11/h2,4,6,11-12H,3,5,7-9,16H2,1H3,(H,17,18). The Morgan fingerprint density at radius 3 is 3.00 bits per heavy atom. The number of carboxylic acids is 1. The molecule has 1 fully saturated rings. The Bertz CT molecular complexity index is 489. The van der Waals surface area contributed by atoms with Crippen molar-refractivity contribution in [2.75, 3.05) is 18.6 Å². The van der Waals surface area contributed by atoms with Gasteiger partial charge in [0.1, 0.15) is 12.1 Å². The topological polar surface area (TPSA) is 81.8 Å². The highest BCUT2D eigenvalue weighted by molar-refractivity contribution is 7.99. The van der Waals surface area contributed by atoms with Crippen molar-refractivity contribution < 1.29 is 19.4 Å². The van der Waals surface area contributed by atoms with Crippen molar-refractivity contribution in [3.8, 4) is 11.5 Å². The third kappa shape index (κ3) is 4.28. The summed E-state index contributed by atoms with van der Waals surface area (Å²) in [6.45, 7) is 0.